The maximum atomic E-state index is 10.5. The Labute approximate surface area is 124 Å². The second-order valence-corrected chi connectivity index (χ2v) is 5.27. The topological polar surface area (TPSA) is 38.0 Å². The Morgan fingerprint density at radius 1 is 0.952 bits per heavy atom. The summed E-state index contributed by atoms with van der Waals surface area (Å²) in [5, 5.41) is 15.0. The van der Waals surface area contributed by atoms with E-state index < -0.39 is 6.10 Å². The number of aryl methyl sites for hydroxylation is 2. The molecule has 0 amide bonds. The van der Waals surface area contributed by atoms with Crippen LogP contribution in [0.3, 0.4) is 0 Å². The molecule has 2 aromatic carbocycles. The van der Waals surface area contributed by atoms with Crippen molar-refractivity contribution in [1.29, 1.82) is 0 Å². The average Bonchev–Trinajstić information content (AvgIpc) is 3.00. The van der Waals surface area contributed by atoms with E-state index in [1.165, 1.54) is 11.1 Å². The Morgan fingerprint density at radius 2 is 1.71 bits per heavy atom. The predicted molar refractivity (Wildman–Crippen MR) is 83.5 cm³/mol. The summed E-state index contributed by atoms with van der Waals surface area (Å²) in [7, 11) is 0. The van der Waals surface area contributed by atoms with Gasteiger partial charge in [0.2, 0.25) is 0 Å². The minimum absolute atomic E-state index is 0.655. The minimum atomic E-state index is -0.700. The van der Waals surface area contributed by atoms with Gasteiger partial charge in [-0.3, -0.25) is 0 Å². The van der Waals surface area contributed by atoms with Crippen LogP contribution in [0.5, 0.6) is 0 Å². The molecule has 1 N–H and O–H groups in total. The summed E-state index contributed by atoms with van der Waals surface area (Å²) >= 11 is 0. The number of nitrogens with zero attached hydrogens (tertiary/aromatic N) is 2. The van der Waals surface area contributed by atoms with Crippen molar-refractivity contribution in [3.05, 3.63) is 83.2 Å². The molecule has 3 aromatic rings. The summed E-state index contributed by atoms with van der Waals surface area (Å²) in [6, 6.07) is 17.7. The summed E-state index contributed by atoms with van der Waals surface area (Å²) in [4.78, 5) is 0. The lowest BCUT2D eigenvalue weighted by Gasteiger charge is -2.10. The summed E-state index contributed by atoms with van der Waals surface area (Å²) in [5.74, 6) is 0. The van der Waals surface area contributed by atoms with Crippen LogP contribution in [0.25, 0.3) is 5.69 Å². The number of aliphatic hydroxyl groups is 1. The van der Waals surface area contributed by atoms with Crippen LogP contribution in [0, 0.1) is 13.8 Å². The normalized spacial score (nSPS) is 12.3. The quantitative estimate of drug-likeness (QED) is 0.795. The van der Waals surface area contributed by atoms with Gasteiger partial charge in [-0.1, -0.05) is 36.4 Å². The van der Waals surface area contributed by atoms with Crippen molar-refractivity contribution in [2.45, 2.75) is 20.0 Å². The molecule has 0 saturated carbocycles. The lowest BCUT2D eigenvalue weighted by Crippen LogP contribution is -2.03. The molecule has 0 spiro atoms. The van der Waals surface area contributed by atoms with Gasteiger partial charge in [0.15, 0.2) is 0 Å². The lowest BCUT2D eigenvalue weighted by molar-refractivity contribution is 0.214. The molecule has 3 heteroatoms. The highest BCUT2D eigenvalue weighted by Gasteiger charge is 2.14. The van der Waals surface area contributed by atoms with Gasteiger partial charge in [0.25, 0.3) is 0 Å². The highest BCUT2D eigenvalue weighted by molar-refractivity contribution is 5.35. The zero-order chi connectivity index (χ0) is 14.8. The number of hydrogen-bond donors (Lipinski definition) is 1. The van der Waals surface area contributed by atoms with Crippen molar-refractivity contribution < 1.29 is 5.11 Å². The highest BCUT2D eigenvalue weighted by Crippen LogP contribution is 2.23. The van der Waals surface area contributed by atoms with E-state index in [1.54, 1.807) is 4.68 Å². The number of aliphatic hydroxyl groups excluding tert-OH is 1. The predicted octanol–water partition coefficient (Wildman–Crippen LogP) is 3.57. The first kappa shape index (κ1) is 13.6. The van der Waals surface area contributed by atoms with Gasteiger partial charge in [-0.05, 0) is 48.7 Å². The third-order valence-corrected chi connectivity index (χ3v) is 3.76. The van der Waals surface area contributed by atoms with Crippen LogP contribution < -0.4 is 0 Å². The maximum absolute atomic E-state index is 10.5. The molecule has 0 fully saturated rings. The first-order valence-electron chi connectivity index (χ1n) is 7.01. The summed E-state index contributed by atoms with van der Waals surface area (Å²) in [6.45, 7) is 4.11. The van der Waals surface area contributed by atoms with Crippen molar-refractivity contribution in [2.24, 2.45) is 0 Å². The van der Waals surface area contributed by atoms with Crippen molar-refractivity contribution in [3.8, 4) is 5.69 Å². The van der Waals surface area contributed by atoms with E-state index in [2.05, 4.69) is 12.0 Å². The lowest BCUT2D eigenvalue weighted by atomic mass is 10.0. The average molecular weight is 278 g/mol. The fourth-order valence-electron chi connectivity index (χ4n) is 2.31. The van der Waals surface area contributed by atoms with Crippen molar-refractivity contribution in [2.75, 3.05) is 0 Å². The van der Waals surface area contributed by atoms with Crippen LogP contribution >= 0.6 is 0 Å². The number of aromatic nitrogens is 2. The highest BCUT2D eigenvalue weighted by atomic mass is 16.3. The smallest absolute Gasteiger partial charge is 0.123 e. The van der Waals surface area contributed by atoms with Gasteiger partial charge in [0.05, 0.1) is 11.4 Å². The fraction of sp³-hybridized carbons (Fsp3) is 0.167. The van der Waals surface area contributed by atoms with E-state index >= 15 is 0 Å². The van der Waals surface area contributed by atoms with Crippen LogP contribution in [0.1, 0.15) is 28.5 Å². The largest absolute Gasteiger partial charge is 0.382 e. The molecule has 0 aliphatic heterocycles. The van der Waals surface area contributed by atoms with Crippen molar-refractivity contribution in [3.63, 3.8) is 0 Å². The maximum Gasteiger partial charge on any atom is 0.123 e. The van der Waals surface area contributed by atoms with Gasteiger partial charge in [0, 0.05) is 6.20 Å². The third-order valence-electron chi connectivity index (χ3n) is 3.76. The van der Waals surface area contributed by atoms with E-state index in [9.17, 15) is 5.11 Å². The molecule has 3 rings (SSSR count). The number of rotatable bonds is 3. The second kappa shape index (κ2) is 5.54. The third kappa shape index (κ3) is 2.73. The molecule has 1 unspecified atom stereocenters. The summed E-state index contributed by atoms with van der Waals surface area (Å²) < 4.78 is 1.78. The van der Waals surface area contributed by atoms with E-state index in [0.717, 1.165) is 11.3 Å². The Balaban J connectivity index is 1.90. The number of hydrogen-bond acceptors (Lipinski definition) is 2. The summed E-state index contributed by atoms with van der Waals surface area (Å²) in [5.41, 5.74) is 4.91. The van der Waals surface area contributed by atoms with Gasteiger partial charge in [-0.2, -0.15) is 5.10 Å². The SMILES string of the molecule is Cc1ccc(C(O)c2ccn(-c3ccccc3)n2)cc1C. The first-order chi connectivity index (χ1) is 10.1. The minimum Gasteiger partial charge on any atom is -0.382 e. The molecule has 106 valence electrons. The molecule has 1 atom stereocenters. The molecule has 21 heavy (non-hydrogen) atoms. The van der Waals surface area contributed by atoms with E-state index in [0.29, 0.717) is 5.69 Å². The molecule has 0 bridgehead atoms. The molecule has 0 aliphatic rings. The van der Waals surface area contributed by atoms with Gasteiger partial charge in [-0.25, -0.2) is 4.68 Å². The van der Waals surface area contributed by atoms with Gasteiger partial charge < -0.3 is 5.11 Å². The van der Waals surface area contributed by atoms with Gasteiger partial charge in [-0.15, -0.1) is 0 Å². The fourth-order valence-corrected chi connectivity index (χ4v) is 2.31. The second-order valence-electron chi connectivity index (χ2n) is 5.27. The molecular weight excluding hydrogens is 260 g/mol. The molecular formula is C18H18N2O. The first-order valence-corrected chi connectivity index (χ1v) is 7.01. The zero-order valence-electron chi connectivity index (χ0n) is 12.2. The van der Waals surface area contributed by atoms with Crippen molar-refractivity contribution in [1.82, 2.24) is 9.78 Å². The molecule has 0 aliphatic carbocycles. The molecule has 0 saturated heterocycles. The van der Waals surface area contributed by atoms with E-state index in [1.807, 2.05) is 67.7 Å². The molecule has 0 radical (unpaired) electrons. The molecule has 1 aromatic heterocycles. The number of benzene rings is 2. The van der Waals surface area contributed by atoms with Crippen LogP contribution in [-0.2, 0) is 0 Å². The summed E-state index contributed by atoms with van der Waals surface area (Å²) in [6.07, 6.45) is 1.17. The van der Waals surface area contributed by atoms with Crippen LogP contribution in [0.15, 0.2) is 60.8 Å². The van der Waals surface area contributed by atoms with Crippen LogP contribution in [0.4, 0.5) is 0 Å². The molecule has 3 nitrogen and oxygen atoms in total. The van der Waals surface area contributed by atoms with Crippen LogP contribution in [0.2, 0.25) is 0 Å². The Morgan fingerprint density at radius 3 is 2.43 bits per heavy atom. The Hall–Kier alpha value is -2.39. The number of para-hydroxylation sites is 1. The van der Waals surface area contributed by atoms with Gasteiger partial charge >= 0.3 is 0 Å². The standard InChI is InChI=1S/C18H18N2O/c1-13-8-9-15(12-14(13)2)18(21)17-10-11-20(19-17)16-6-4-3-5-7-16/h3-12,18,21H,1-2H3. The Kier molecular flexibility index (Phi) is 3.59. The zero-order valence-corrected chi connectivity index (χ0v) is 12.2. The monoisotopic (exact) mass is 278 g/mol. The Bertz CT molecular complexity index is 747. The molecule has 1 heterocycles. The van der Waals surface area contributed by atoms with Crippen molar-refractivity contribution >= 4 is 0 Å². The van der Waals surface area contributed by atoms with Crippen LogP contribution in [-0.4, -0.2) is 14.9 Å². The van der Waals surface area contributed by atoms with E-state index in [-0.39, 0.29) is 0 Å². The van der Waals surface area contributed by atoms with Gasteiger partial charge in [0.1, 0.15) is 6.10 Å². The van der Waals surface area contributed by atoms with E-state index in [4.69, 9.17) is 0 Å².